The van der Waals surface area contributed by atoms with Crippen molar-refractivity contribution in [2.75, 3.05) is 26.7 Å². The third-order valence-corrected chi connectivity index (χ3v) is 5.06. The van der Waals surface area contributed by atoms with Crippen molar-refractivity contribution in [3.05, 3.63) is 58.1 Å². The van der Waals surface area contributed by atoms with Crippen molar-refractivity contribution in [3.8, 4) is 11.5 Å². The Labute approximate surface area is 164 Å². The van der Waals surface area contributed by atoms with E-state index in [9.17, 15) is 4.79 Å². The minimum atomic E-state index is -0.00788. The van der Waals surface area contributed by atoms with Gasteiger partial charge in [-0.3, -0.25) is 4.79 Å². The number of hydrogen-bond donors (Lipinski definition) is 1. The lowest BCUT2D eigenvalue weighted by molar-refractivity contribution is 0.0671. The van der Waals surface area contributed by atoms with Crippen LogP contribution in [0.2, 0.25) is 10.0 Å². The Kier molecular flexibility index (Phi) is 6.41. The molecular formula is C20H22Cl2N2O2. The average molecular weight is 393 g/mol. The van der Waals surface area contributed by atoms with Crippen LogP contribution < -0.4 is 10.1 Å². The number of carbonyl (C=O) groups is 1. The molecule has 1 amide bonds. The van der Waals surface area contributed by atoms with Crippen molar-refractivity contribution >= 4 is 29.1 Å². The summed E-state index contributed by atoms with van der Waals surface area (Å²) in [5, 5.41) is 4.15. The Bertz CT molecular complexity index is 780. The lowest BCUT2D eigenvalue weighted by Crippen LogP contribution is -2.42. The zero-order valence-corrected chi connectivity index (χ0v) is 16.2. The Hall–Kier alpha value is -1.75. The Balaban J connectivity index is 1.81. The predicted octanol–water partition coefficient (Wildman–Crippen LogP) is 4.86. The smallest absolute Gasteiger partial charge is 0.257 e. The number of para-hydroxylation sites is 1. The standard InChI is InChI=1S/C20H22Cl2N2O2/c1-23-12-14-5-4-10-24(13-14)20(25)16-6-2-3-7-18(16)26-19-9-8-15(21)11-17(19)22/h2-3,6-9,11,14,23H,4-5,10,12-13H2,1H3. The SMILES string of the molecule is CNCC1CCCN(C(=O)c2ccccc2Oc2ccc(Cl)cc2Cl)C1. The summed E-state index contributed by atoms with van der Waals surface area (Å²) in [6.07, 6.45) is 2.16. The van der Waals surface area contributed by atoms with Crippen molar-refractivity contribution in [3.63, 3.8) is 0 Å². The molecule has 2 aromatic carbocycles. The van der Waals surface area contributed by atoms with Crippen LogP contribution in [0, 0.1) is 5.92 Å². The molecule has 4 nitrogen and oxygen atoms in total. The molecule has 0 radical (unpaired) electrons. The fourth-order valence-corrected chi connectivity index (χ4v) is 3.73. The first-order valence-electron chi connectivity index (χ1n) is 8.74. The average Bonchev–Trinajstić information content (AvgIpc) is 2.64. The monoisotopic (exact) mass is 392 g/mol. The van der Waals surface area contributed by atoms with Crippen LogP contribution in [0.25, 0.3) is 0 Å². The van der Waals surface area contributed by atoms with Crippen LogP contribution in [0.1, 0.15) is 23.2 Å². The van der Waals surface area contributed by atoms with Crippen LogP contribution in [0.15, 0.2) is 42.5 Å². The zero-order valence-electron chi connectivity index (χ0n) is 14.7. The van der Waals surface area contributed by atoms with Crippen molar-refractivity contribution in [1.29, 1.82) is 0 Å². The van der Waals surface area contributed by atoms with Crippen molar-refractivity contribution in [2.24, 2.45) is 5.92 Å². The minimum absolute atomic E-state index is 0.00788. The summed E-state index contributed by atoms with van der Waals surface area (Å²) in [6, 6.07) is 12.3. The van der Waals surface area contributed by atoms with Crippen molar-refractivity contribution in [2.45, 2.75) is 12.8 Å². The second-order valence-electron chi connectivity index (χ2n) is 6.49. The van der Waals surface area contributed by atoms with Crippen molar-refractivity contribution in [1.82, 2.24) is 10.2 Å². The van der Waals surface area contributed by atoms with E-state index in [1.54, 1.807) is 30.3 Å². The number of nitrogens with zero attached hydrogens (tertiary/aromatic N) is 1. The Morgan fingerprint density at radius 1 is 1.23 bits per heavy atom. The first-order chi connectivity index (χ1) is 12.6. The molecule has 0 aromatic heterocycles. The van der Waals surface area contributed by atoms with E-state index in [0.717, 1.165) is 32.5 Å². The number of rotatable bonds is 5. The summed E-state index contributed by atoms with van der Waals surface area (Å²) in [5.74, 6) is 1.45. The van der Waals surface area contributed by atoms with Gasteiger partial charge in [0, 0.05) is 18.1 Å². The number of ether oxygens (including phenoxy) is 1. The molecule has 0 bridgehead atoms. The van der Waals surface area contributed by atoms with E-state index in [1.807, 2.05) is 24.1 Å². The molecule has 138 valence electrons. The molecular weight excluding hydrogens is 371 g/mol. The third kappa shape index (κ3) is 4.50. The maximum atomic E-state index is 13.1. The van der Waals surface area contributed by atoms with E-state index >= 15 is 0 Å². The summed E-state index contributed by atoms with van der Waals surface area (Å²) in [7, 11) is 1.94. The topological polar surface area (TPSA) is 41.6 Å². The van der Waals surface area contributed by atoms with Crippen LogP contribution >= 0.6 is 23.2 Å². The van der Waals surface area contributed by atoms with Crippen LogP contribution in [-0.2, 0) is 0 Å². The molecule has 1 unspecified atom stereocenters. The minimum Gasteiger partial charge on any atom is -0.455 e. The molecule has 26 heavy (non-hydrogen) atoms. The van der Waals surface area contributed by atoms with E-state index < -0.39 is 0 Å². The molecule has 1 atom stereocenters. The lowest BCUT2D eigenvalue weighted by Gasteiger charge is -2.33. The molecule has 1 aliphatic heterocycles. The van der Waals surface area contributed by atoms with Gasteiger partial charge in [-0.15, -0.1) is 0 Å². The van der Waals surface area contributed by atoms with Gasteiger partial charge < -0.3 is 15.0 Å². The first kappa shape index (κ1) is 19.0. The Morgan fingerprint density at radius 3 is 2.81 bits per heavy atom. The maximum absolute atomic E-state index is 13.1. The number of piperidine rings is 1. The number of amides is 1. The molecule has 1 aliphatic rings. The van der Waals surface area contributed by atoms with Gasteiger partial charge in [0.15, 0.2) is 0 Å². The number of carbonyl (C=O) groups excluding carboxylic acids is 1. The first-order valence-corrected chi connectivity index (χ1v) is 9.50. The summed E-state index contributed by atoms with van der Waals surface area (Å²) >= 11 is 12.1. The van der Waals surface area contributed by atoms with Crippen molar-refractivity contribution < 1.29 is 9.53 Å². The van der Waals surface area contributed by atoms with Gasteiger partial charge in [-0.25, -0.2) is 0 Å². The molecule has 1 fully saturated rings. The van der Waals surface area contributed by atoms with Crippen LogP contribution in [0.5, 0.6) is 11.5 Å². The van der Waals surface area contributed by atoms with Gasteiger partial charge in [0.1, 0.15) is 11.5 Å². The van der Waals surface area contributed by atoms with E-state index in [1.165, 1.54) is 0 Å². The summed E-state index contributed by atoms with van der Waals surface area (Å²) < 4.78 is 5.93. The summed E-state index contributed by atoms with van der Waals surface area (Å²) in [6.45, 7) is 2.45. The quantitative estimate of drug-likeness (QED) is 0.789. The summed E-state index contributed by atoms with van der Waals surface area (Å²) in [4.78, 5) is 15.0. The van der Waals surface area contributed by atoms with Crippen LogP contribution in [-0.4, -0.2) is 37.5 Å². The highest BCUT2D eigenvalue weighted by Gasteiger charge is 2.26. The molecule has 0 spiro atoms. The second kappa shape index (κ2) is 8.76. The van der Waals surface area contributed by atoms with E-state index in [-0.39, 0.29) is 5.91 Å². The molecule has 0 saturated carbocycles. The largest absolute Gasteiger partial charge is 0.455 e. The van der Waals surface area contributed by atoms with E-state index in [4.69, 9.17) is 27.9 Å². The molecule has 0 aliphatic carbocycles. The Morgan fingerprint density at radius 2 is 2.04 bits per heavy atom. The molecule has 1 saturated heterocycles. The van der Waals surface area contributed by atoms with E-state index in [0.29, 0.717) is 33.0 Å². The highest BCUT2D eigenvalue weighted by Crippen LogP contribution is 2.33. The van der Waals surface area contributed by atoms with Gasteiger partial charge in [-0.05, 0) is 62.7 Å². The molecule has 2 aromatic rings. The highest BCUT2D eigenvalue weighted by molar-refractivity contribution is 6.35. The molecule has 6 heteroatoms. The van der Waals surface area contributed by atoms with Gasteiger partial charge in [-0.1, -0.05) is 35.3 Å². The predicted molar refractivity (Wildman–Crippen MR) is 106 cm³/mol. The zero-order chi connectivity index (χ0) is 18.5. The number of benzene rings is 2. The number of halogens is 2. The van der Waals surface area contributed by atoms with Crippen LogP contribution in [0.4, 0.5) is 0 Å². The normalized spacial score (nSPS) is 17.2. The van der Waals surface area contributed by atoms with Gasteiger partial charge in [0.25, 0.3) is 5.91 Å². The summed E-state index contributed by atoms with van der Waals surface area (Å²) in [5.41, 5.74) is 0.545. The molecule has 1 N–H and O–H groups in total. The highest BCUT2D eigenvalue weighted by atomic mass is 35.5. The van der Waals surface area contributed by atoms with Gasteiger partial charge in [0.05, 0.1) is 10.6 Å². The van der Waals surface area contributed by atoms with Crippen LogP contribution in [0.3, 0.4) is 0 Å². The number of hydrogen-bond acceptors (Lipinski definition) is 3. The third-order valence-electron chi connectivity index (χ3n) is 4.53. The van der Waals surface area contributed by atoms with Gasteiger partial charge in [0.2, 0.25) is 0 Å². The lowest BCUT2D eigenvalue weighted by atomic mass is 9.97. The molecule has 1 heterocycles. The van der Waals surface area contributed by atoms with E-state index in [2.05, 4.69) is 5.32 Å². The maximum Gasteiger partial charge on any atom is 0.257 e. The number of likely N-dealkylation sites (tertiary alicyclic amines) is 1. The second-order valence-corrected chi connectivity index (χ2v) is 7.33. The van der Waals surface area contributed by atoms with Gasteiger partial charge in [-0.2, -0.15) is 0 Å². The fourth-order valence-electron chi connectivity index (χ4n) is 3.28. The van der Waals surface area contributed by atoms with Gasteiger partial charge >= 0.3 is 0 Å². The molecule has 3 rings (SSSR count). The number of nitrogens with one attached hydrogen (secondary N) is 1. The fraction of sp³-hybridized carbons (Fsp3) is 0.350.